The molecule has 0 radical (unpaired) electrons. The van der Waals surface area contributed by atoms with E-state index in [1.807, 2.05) is 48.5 Å². The van der Waals surface area contributed by atoms with Gasteiger partial charge in [0.05, 0.1) is 10.9 Å². The molecule has 1 aromatic heterocycles. The minimum atomic E-state index is -0.457. The minimum Gasteiger partial charge on any atom is -0.411 e. The van der Waals surface area contributed by atoms with E-state index in [0.717, 1.165) is 10.8 Å². The lowest BCUT2D eigenvalue weighted by Gasteiger charge is -2.05. The van der Waals surface area contributed by atoms with Crippen LogP contribution in [0.1, 0.15) is 0 Å². The van der Waals surface area contributed by atoms with Crippen molar-refractivity contribution >= 4 is 21.7 Å². The Morgan fingerprint density at radius 3 is 2.55 bits per heavy atom. The summed E-state index contributed by atoms with van der Waals surface area (Å²) < 4.78 is 10.7. The summed E-state index contributed by atoms with van der Waals surface area (Å²) in [7, 11) is 0. The second-order valence-corrected chi connectivity index (χ2v) is 4.90. The lowest BCUT2D eigenvalue weighted by molar-refractivity contribution is 0.307. The van der Waals surface area contributed by atoms with Crippen LogP contribution < -0.4 is 10.4 Å². The summed E-state index contributed by atoms with van der Waals surface area (Å²) in [6, 6.07) is 20.6. The van der Waals surface area contributed by atoms with Gasteiger partial charge in [-0.05, 0) is 35.0 Å². The highest BCUT2D eigenvalue weighted by Crippen LogP contribution is 2.24. The second kappa shape index (κ2) is 5.00. The number of ether oxygens (including phenoxy) is 1. The highest BCUT2D eigenvalue weighted by atomic mass is 16.6. The Balaban J connectivity index is 1.77. The van der Waals surface area contributed by atoms with E-state index in [4.69, 9.17) is 9.15 Å². The van der Waals surface area contributed by atoms with Gasteiger partial charge in [0.15, 0.2) is 0 Å². The molecular formula is C18H11NO3. The van der Waals surface area contributed by atoms with Gasteiger partial charge in [-0.15, -0.1) is 0 Å². The van der Waals surface area contributed by atoms with Crippen molar-refractivity contribution in [3.05, 3.63) is 77.2 Å². The van der Waals surface area contributed by atoms with Gasteiger partial charge in [-0.25, -0.2) is 4.79 Å². The first-order valence-corrected chi connectivity index (χ1v) is 6.86. The number of aromatic nitrogens is 1. The molecule has 0 bridgehead atoms. The van der Waals surface area contributed by atoms with Crippen LogP contribution in [0.3, 0.4) is 0 Å². The molecule has 0 saturated carbocycles. The summed E-state index contributed by atoms with van der Waals surface area (Å²) in [6.07, 6.45) is -0.0565. The Labute approximate surface area is 125 Å². The SMILES string of the molecule is O=c1oc(Oc2ccc3ccccc3c2)nc2ccccc12. The maximum absolute atomic E-state index is 11.9. The Morgan fingerprint density at radius 1 is 0.864 bits per heavy atom. The van der Waals surface area contributed by atoms with Gasteiger partial charge < -0.3 is 9.15 Å². The zero-order valence-electron chi connectivity index (χ0n) is 11.5. The Kier molecular flexibility index (Phi) is 2.86. The Hall–Kier alpha value is -3.14. The third-order valence-electron chi connectivity index (χ3n) is 3.44. The molecule has 0 fully saturated rings. The summed E-state index contributed by atoms with van der Waals surface area (Å²) >= 11 is 0. The first-order valence-electron chi connectivity index (χ1n) is 6.86. The molecule has 4 rings (SSSR count). The summed E-state index contributed by atoms with van der Waals surface area (Å²) in [5, 5.41) is 2.60. The number of para-hydroxylation sites is 1. The number of hydrogen-bond donors (Lipinski definition) is 0. The summed E-state index contributed by atoms with van der Waals surface area (Å²) in [4.78, 5) is 16.1. The van der Waals surface area contributed by atoms with Crippen LogP contribution >= 0.6 is 0 Å². The van der Waals surface area contributed by atoms with Crippen molar-refractivity contribution in [2.75, 3.05) is 0 Å². The van der Waals surface area contributed by atoms with Crippen LogP contribution in [0, 0.1) is 0 Å². The van der Waals surface area contributed by atoms with Crippen molar-refractivity contribution in [2.24, 2.45) is 0 Å². The molecule has 4 nitrogen and oxygen atoms in total. The zero-order chi connectivity index (χ0) is 14.9. The molecule has 0 aliphatic carbocycles. The normalized spacial score (nSPS) is 10.9. The van der Waals surface area contributed by atoms with Crippen LogP contribution in [0.2, 0.25) is 0 Å². The second-order valence-electron chi connectivity index (χ2n) is 4.90. The lowest BCUT2D eigenvalue weighted by Crippen LogP contribution is -2.02. The number of nitrogens with zero attached hydrogens (tertiary/aromatic N) is 1. The predicted octanol–water partition coefficient (Wildman–Crippen LogP) is 4.13. The highest BCUT2D eigenvalue weighted by molar-refractivity contribution is 5.83. The van der Waals surface area contributed by atoms with Gasteiger partial charge in [0, 0.05) is 0 Å². The van der Waals surface area contributed by atoms with E-state index in [2.05, 4.69) is 4.98 Å². The molecular weight excluding hydrogens is 278 g/mol. The average Bonchev–Trinajstić information content (AvgIpc) is 2.55. The van der Waals surface area contributed by atoms with Crippen molar-refractivity contribution < 1.29 is 9.15 Å². The van der Waals surface area contributed by atoms with Crippen LogP contribution in [0.25, 0.3) is 21.7 Å². The number of rotatable bonds is 2. The molecule has 1 heterocycles. The lowest BCUT2D eigenvalue weighted by atomic mass is 10.1. The van der Waals surface area contributed by atoms with Gasteiger partial charge in [0.1, 0.15) is 5.75 Å². The fourth-order valence-corrected chi connectivity index (χ4v) is 2.37. The molecule has 0 amide bonds. The van der Waals surface area contributed by atoms with Crippen LogP contribution in [0.5, 0.6) is 11.8 Å². The Morgan fingerprint density at radius 2 is 1.64 bits per heavy atom. The molecule has 0 unspecified atom stereocenters. The van der Waals surface area contributed by atoms with Gasteiger partial charge in [-0.2, -0.15) is 4.98 Å². The van der Waals surface area contributed by atoms with E-state index in [1.54, 1.807) is 18.2 Å². The first-order chi connectivity index (χ1) is 10.8. The molecule has 3 aromatic carbocycles. The van der Waals surface area contributed by atoms with Crippen molar-refractivity contribution in [1.82, 2.24) is 4.98 Å². The number of benzene rings is 3. The van der Waals surface area contributed by atoms with Crippen molar-refractivity contribution in [3.63, 3.8) is 0 Å². The predicted molar refractivity (Wildman–Crippen MR) is 84.3 cm³/mol. The Bertz CT molecular complexity index is 1040. The molecule has 22 heavy (non-hydrogen) atoms. The van der Waals surface area contributed by atoms with Gasteiger partial charge >= 0.3 is 11.7 Å². The van der Waals surface area contributed by atoms with E-state index in [-0.39, 0.29) is 6.08 Å². The molecule has 0 atom stereocenters. The third kappa shape index (κ3) is 2.20. The van der Waals surface area contributed by atoms with Gasteiger partial charge in [0.25, 0.3) is 0 Å². The summed E-state index contributed by atoms with van der Waals surface area (Å²) in [5.41, 5.74) is 0.0935. The van der Waals surface area contributed by atoms with E-state index in [1.165, 1.54) is 0 Å². The quantitative estimate of drug-likeness (QED) is 0.556. The topological polar surface area (TPSA) is 52.3 Å². The van der Waals surface area contributed by atoms with Crippen molar-refractivity contribution in [3.8, 4) is 11.8 Å². The van der Waals surface area contributed by atoms with E-state index >= 15 is 0 Å². The van der Waals surface area contributed by atoms with E-state index < -0.39 is 5.63 Å². The van der Waals surface area contributed by atoms with E-state index in [9.17, 15) is 4.79 Å². The first kappa shape index (κ1) is 12.6. The van der Waals surface area contributed by atoms with Crippen LogP contribution in [0.15, 0.2) is 75.9 Å². The van der Waals surface area contributed by atoms with Crippen LogP contribution in [-0.4, -0.2) is 4.98 Å². The molecule has 0 aliphatic heterocycles. The monoisotopic (exact) mass is 289 g/mol. The molecule has 4 aromatic rings. The molecule has 106 valence electrons. The highest BCUT2D eigenvalue weighted by Gasteiger charge is 2.08. The summed E-state index contributed by atoms with van der Waals surface area (Å²) in [5.74, 6) is 0.574. The minimum absolute atomic E-state index is 0.0565. The third-order valence-corrected chi connectivity index (χ3v) is 3.44. The van der Waals surface area contributed by atoms with Crippen LogP contribution in [-0.2, 0) is 0 Å². The number of fused-ring (bicyclic) bond motifs is 2. The zero-order valence-corrected chi connectivity index (χ0v) is 11.5. The molecule has 0 saturated heterocycles. The van der Waals surface area contributed by atoms with Crippen molar-refractivity contribution in [1.29, 1.82) is 0 Å². The molecule has 0 spiro atoms. The fraction of sp³-hybridized carbons (Fsp3) is 0. The fourth-order valence-electron chi connectivity index (χ4n) is 2.37. The molecule has 0 aliphatic rings. The average molecular weight is 289 g/mol. The maximum atomic E-state index is 11.9. The largest absolute Gasteiger partial charge is 0.411 e. The summed E-state index contributed by atoms with van der Waals surface area (Å²) in [6.45, 7) is 0. The van der Waals surface area contributed by atoms with Gasteiger partial charge in [-0.3, -0.25) is 0 Å². The van der Waals surface area contributed by atoms with E-state index in [0.29, 0.717) is 16.7 Å². The molecule has 4 heteroatoms. The molecule has 0 N–H and O–H groups in total. The number of hydrogen-bond acceptors (Lipinski definition) is 4. The smallest absolute Gasteiger partial charge is 0.402 e. The van der Waals surface area contributed by atoms with Gasteiger partial charge in [-0.1, -0.05) is 42.5 Å². The van der Waals surface area contributed by atoms with Gasteiger partial charge in [0.2, 0.25) is 0 Å². The maximum Gasteiger partial charge on any atom is 0.402 e. The van der Waals surface area contributed by atoms with Crippen LogP contribution in [0.4, 0.5) is 0 Å². The van der Waals surface area contributed by atoms with Crippen molar-refractivity contribution in [2.45, 2.75) is 0 Å². The standard InChI is InChI=1S/C18H11NO3/c20-17-15-7-3-4-8-16(15)19-18(22-17)21-14-10-9-12-5-1-2-6-13(12)11-14/h1-11H.